The van der Waals surface area contributed by atoms with Crippen molar-refractivity contribution < 1.29 is 22.9 Å². The number of nitrogens with zero attached hydrogens (tertiary/aromatic N) is 1. The van der Waals surface area contributed by atoms with Crippen molar-refractivity contribution in [2.75, 3.05) is 0 Å². The molecule has 0 heterocycles. The van der Waals surface area contributed by atoms with Gasteiger partial charge in [0.15, 0.2) is 0 Å². The van der Waals surface area contributed by atoms with Crippen LogP contribution in [0.5, 0.6) is 0 Å². The van der Waals surface area contributed by atoms with E-state index in [1.54, 1.807) is 11.4 Å². The number of rotatable bonds is 4. The first kappa shape index (κ1) is 14.9. The van der Waals surface area contributed by atoms with Crippen LogP contribution in [-0.4, -0.2) is 23.0 Å². The van der Waals surface area contributed by atoms with Gasteiger partial charge >= 0.3 is 12.1 Å². The molecule has 8 heteroatoms. The zero-order valence-corrected chi connectivity index (χ0v) is 9.90. The summed E-state index contributed by atoms with van der Waals surface area (Å²) in [5.74, 6) is -2.02. The molecule has 0 aromatic heterocycles. The average molecular weight is 276 g/mol. The lowest BCUT2D eigenvalue weighted by molar-refractivity contribution is -0.384. The van der Waals surface area contributed by atoms with Crippen molar-refractivity contribution in [2.24, 2.45) is 0 Å². The van der Waals surface area contributed by atoms with Crippen LogP contribution in [0.1, 0.15) is 12.5 Å². The van der Waals surface area contributed by atoms with Crippen molar-refractivity contribution >= 4 is 11.6 Å². The number of alkyl halides is 3. The van der Waals surface area contributed by atoms with E-state index in [-0.39, 0.29) is 12.1 Å². The van der Waals surface area contributed by atoms with Gasteiger partial charge in [0.1, 0.15) is 0 Å². The Balaban J connectivity index is 2.67. The number of carbonyl (C=O) groups excluding carboxylic acids is 1. The lowest BCUT2D eigenvalue weighted by atomic mass is 10.1. The number of nitrogens with one attached hydrogen (secondary N) is 1. The minimum absolute atomic E-state index is 0.0729. The smallest absolute Gasteiger partial charge is 0.345 e. The topological polar surface area (TPSA) is 72.2 Å². The summed E-state index contributed by atoms with van der Waals surface area (Å²) in [7, 11) is 0. The highest BCUT2D eigenvalue weighted by atomic mass is 19.4. The molecule has 0 spiro atoms. The lowest BCUT2D eigenvalue weighted by Crippen LogP contribution is -2.42. The zero-order valence-electron chi connectivity index (χ0n) is 9.90. The Kier molecular flexibility index (Phi) is 4.47. The molecule has 0 radical (unpaired) electrons. The number of amides is 1. The van der Waals surface area contributed by atoms with Gasteiger partial charge in [0.25, 0.3) is 5.69 Å². The third-order valence-corrected chi connectivity index (χ3v) is 2.30. The molecule has 0 saturated carbocycles. The van der Waals surface area contributed by atoms with Gasteiger partial charge in [-0.1, -0.05) is 12.1 Å². The Bertz CT molecular complexity index is 488. The van der Waals surface area contributed by atoms with Gasteiger partial charge in [-0.2, -0.15) is 13.2 Å². The molecule has 0 fully saturated rings. The maximum atomic E-state index is 12.0. The molecular formula is C11H11F3N2O3. The quantitative estimate of drug-likeness (QED) is 0.677. The summed E-state index contributed by atoms with van der Waals surface area (Å²) in [6, 6.07) is 4.74. The van der Waals surface area contributed by atoms with E-state index in [0.717, 1.165) is 0 Å². The maximum Gasteiger partial charge on any atom is 0.471 e. The summed E-state index contributed by atoms with van der Waals surface area (Å²) in [6.07, 6.45) is -4.86. The number of benzene rings is 1. The van der Waals surface area contributed by atoms with Crippen molar-refractivity contribution in [3.63, 3.8) is 0 Å². The van der Waals surface area contributed by atoms with Crippen molar-refractivity contribution in [2.45, 2.75) is 25.6 Å². The molecule has 1 N–H and O–H groups in total. The number of carbonyl (C=O) groups is 1. The van der Waals surface area contributed by atoms with Gasteiger partial charge < -0.3 is 5.32 Å². The van der Waals surface area contributed by atoms with Gasteiger partial charge in [-0.05, 0) is 18.9 Å². The Morgan fingerprint density at radius 1 is 1.47 bits per heavy atom. The number of hydrogen-bond donors (Lipinski definition) is 1. The average Bonchev–Trinajstić information content (AvgIpc) is 2.27. The van der Waals surface area contributed by atoms with Crippen molar-refractivity contribution in [1.29, 1.82) is 0 Å². The largest absolute Gasteiger partial charge is 0.471 e. The molecule has 0 aliphatic rings. The molecule has 0 bridgehead atoms. The van der Waals surface area contributed by atoms with Crippen LogP contribution in [0.15, 0.2) is 24.3 Å². The summed E-state index contributed by atoms with van der Waals surface area (Å²) in [5.41, 5.74) is 0.330. The highest BCUT2D eigenvalue weighted by Crippen LogP contribution is 2.17. The summed E-state index contributed by atoms with van der Waals surface area (Å²) < 4.78 is 36.1. The van der Waals surface area contributed by atoms with Crippen LogP contribution in [-0.2, 0) is 11.2 Å². The molecule has 1 atom stereocenters. The SMILES string of the molecule is CC(Cc1cccc([N+](=O)[O-])c1)NC(=O)C(F)(F)F. The second-order valence-corrected chi connectivity index (χ2v) is 4.00. The molecule has 1 aromatic rings. The van der Waals surface area contributed by atoms with Crippen molar-refractivity contribution in [1.82, 2.24) is 5.32 Å². The molecule has 0 aliphatic carbocycles. The Morgan fingerprint density at radius 3 is 2.63 bits per heavy atom. The van der Waals surface area contributed by atoms with E-state index in [4.69, 9.17) is 0 Å². The van der Waals surface area contributed by atoms with Crippen LogP contribution in [0.3, 0.4) is 0 Å². The van der Waals surface area contributed by atoms with Gasteiger partial charge in [0.05, 0.1) is 4.92 Å². The van der Waals surface area contributed by atoms with E-state index < -0.39 is 23.0 Å². The molecule has 1 amide bonds. The van der Waals surface area contributed by atoms with Gasteiger partial charge in [-0.15, -0.1) is 0 Å². The summed E-state index contributed by atoms with van der Waals surface area (Å²) in [4.78, 5) is 20.6. The van der Waals surface area contributed by atoms with Crippen LogP contribution >= 0.6 is 0 Å². The molecule has 0 aliphatic heterocycles. The Labute approximate surface area is 106 Å². The number of nitro groups is 1. The fourth-order valence-corrected chi connectivity index (χ4v) is 1.51. The van der Waals surface area contributed by atoms with E-state index in [0.29, 0.717) is 5.56 Å². The monoisotopic (exact) mass is 276 g/mol. The first-order valence-corrected chi connectivity index (χ1v) is 5.31. The van der Waals surface area contributed by atoms with E-state index in [1.807, 2.05) is 0 Å². The van der Waals surface area contributed by atoms with E-state index in [1.165, 1.54) is 25.1 Å². The normalized spacial score (nSPS) is 12.8. The number of hydrogen-bond acceptors (Lipinski definition) is 3. The first-order valence-electron chi connectivity index (χ1n) is 5.31. The molecule has 5 nitrogen and oxygen atoms in total. The Morgan fingerprint density at radius 2 is 2.11 bits per heavy atom. The van der Waals surface area contributed by atoms with E-state index in [9.17, 15) is 28.1 Å². The molecular weight excluding hydrogens is 265 g/mol. The predicted octanol–water partition coefficient (Wildman–Crippen LogP) is 2.20. The van der Waals surface area contributed by atoms with Crippen LogP contribution < -0.4 is 5.32 Å². The van der Waals surface area contributed by atoms with Crippen LogP contribution in [0, 0.1) is 10.1 Å². The minimum atomic E-state index is -4.93. The standard InChI is InChI=1S/C11H11F3N2O3/c1-7(15-10(17)11(12,13)14)5-8-3-2-4-9(6-8)16(18)19/h2-4,6-7H,5H2,1H3,(H,15,17). The van der Waals surface area contributed by atoms with Gasteiger partial charge in [-0.3, -0.25) is 14.9 Å². The van der Waals surface area contributed by atoms with Gasteiger partial charge in [0, 0.05) is 18.2 Å². The third-order valence-electron chi connectivity index (χ3n) is 2.30. The zero-order chi connectivity index (χ0) is 14.6. The molecule has 19 heavy (non-hydrogen) atoms. The number of nitro benzene ring substituents is 1. The Hall–Kier alpha value is -2.12. The lowest BCUT2D eigenvalue weighted by Gasteiger charge is -2.15. The van der Waals surface area contributed by atoms with Crippen LogP contribution in [0.4, 0.5) is 18.9 Å². The van der Waals surface area contributed by atoms with Gasteiger partial charge in [-0.25, -0.2) is 0 Å². The fourth-order valence-electron chi connectivity index (χ4n) is 1.51. The summed E-state index contributed by atoms with van der Waals surface area (Å²) >= 11 is 0. The summed E-state index contributed by atoms with van der Waals surface area (Å²) in [6.45, 7) is 1.39. The molecule has 1 unspecified atom stereocenters. The molecule has 1 aromatic carbocycles. The van der Waals surface area contributed by atoms with E-state index >= 15 is 0 Å². The van der Waals surface area contributed by atoms with Crippen LogP contribution in [0.25, 0.3) is 0 Å². The second kappa shape index (κ2) is 5.68. The van der Waals surface area contributed by atoms with Crippen molar-refractivity contribution in [3.05, 3.63) is 39.9 Å². The van der Waals surface area contributed by atoms with Crippen LogP contribution in [0.2, 0.25) is 0 Å². The summed E-state index contributed by atoms with van der Waals surface area (Å²) in [5, 5.41) is 12.3. The number of non-ortho nitro benzene ring substituents is 1. The maximum absolute atomic E-state index is 12.0. The van der Waals surface area contributed by atoms with E-state index in [2.05, 4.69) is 0 Å². The molecule has 0 saturated heterocycles. The highest BCUT2D eigenvalue weighted by molar-refractivity contribution is 5.81. The first-order chi connectivity index (χ1) is 8.70. The third kappa shape index (κ3) is 4.57. The predicted molar refractivity (Wildman–Crippen MR) is 60.5 cm³/mol. The highest BCUT2D eigenvalue weighted by Gasteiger charge is 2.39. The molecule has 104 valence electrons. The van der Waals surface area contributed by atoms with Gasteiger partial charge in [0.2, 0.25) is 0 Å². The molecule has 1 rings (SSSR count). The number of halogens is 3. The van der Waals surface area contributed by atoms with Crippen molar-refractivity contribution in [3.8, 4) is 0 Å². The minimum Gasteiger partial charge on any atom is -0.345 e. The fraction of sp³-hybridized carbons (Fsp3) is 0.364. The second-order valence-electron chi connectivity index (χ2n) is 4.00.